The molecule has 1 aromatic heterocycles. The Labute approximate surface area is 204 Å². The van der Waals surface area contributed by atoms with Gasteiger partial charge in [-0.25, -0.2) is 13.2 Å². The van der Waals surface area contributed by atoms with Crippen molar-refractivity contribution in [3.05, 3.63) is 59.4 Å². The lowest BCUT2D eigenvalue weighted by molar-refractivity contribution is 0.217. The molecule has 4 rings (SSSR count). The van der Waals surface area contributed by atoms with Crippen LogP contribution in [0.15, 0.2) is 53.7 Å². The molecule has 9 nitrogen and oxygen atoms in total. The molecule has 2 aromatic carbocycles. The molecule has 0 spiro atoms. The van der Waals surface area contributed by atoms with Crippen molar-refractivity contribution in [1.82, 2.24) is 19.7 Å². The van der Waals surface area contributed by atoms with E-state index in [1.165, 1.54) is 0 Å². The molecule has 180 valence electrons. The summed E-state index contributed by atoms with van der Waals surface area (Å²) in [5.41, 5.74) is 7.17. The van der Waals surface area contributed by atoms with Crippen molar-refractivity contribution in [2.24, 2.45) is 5.73 Å². The normalized spacial score (nSPS) is 16.6. The molecule has 1 unspecified atom stereocenters. The lowest BCUT2D eigenvalue weighted by atomic mass is 9.87. The largest absolute Gasteiger partial charge is 0.351 e. The zero-order chi connectivity index (χ0) is 24.7. The van der Waals surface area contributed by atoms with Gasteiger partial charge in [0.1, 0.15) is 6.33 Å². The smallest absolute Gasteiger partial charge is 0.314 e. The van der Waals surface area contributed by atoms with Crippen molar-refractivity contribution in [3.8, 4) is 11.4 Å². The average Bonchev–Trinajstić information content (AvgIpc) is 3.44. The molecular formula is C23H27ClN6O3S. The second kappa shape index (κ2) is 8.92. The molecular weight excluding hydrogens is 476 g/mol. The number of rotatable bonds is 5. The number of benzene rings is 2. The summed E-state index contributed by atoms with van der Waals surface area (Å²) in [6.45, 7) is 7.15. The molecule has 0 radical (unpaired) electrons. The number of primary amides is 1. The summed E-state index contributed by atoms with van der Waals surface area (Å²) in [6, 6.07) is 11.1. The van der Waals surface area contributed by atoms with E-state index in [-0.39, 0.29) is 16.4 Å². The maximum atomic E-state index is 13.2. The Balaban J connectivity index is 1.67. The van der Waals surface area contributed by atoms with Crippen molar-refractivity contribution in [1.29, 1.82) is 0 Å². The van der Waals surface area contributed by atoms with Gasteiger partial charge in [-0.2, -0.15) is 0 Å². The summed E-state index contributed by atoms with van der Waals surface area (Å²) in [4.78, 5) is 13.3. The van der Waals surface area contributed by atoms with Crippen molar-refractivity contribution >= 4 is 33.3 Å². The summed E-state index contributed by atoms with van der Waals surface area (Å²) >= 11 is 6.25. The van der Waals surface area contributed by atoms with Crippen LogP contribution in [0.2, 0.25) is 5.02 Å². The van der Waals surface area contributed by atoms with Crippen LogP contribution in [0.1, 0.15) is 38.8 Å². The maximum Gasteiger partial charge on any atom is 0.314 e. The highest BCUT2D eigenvalue weighted by Gasteiger charge is 2.29. The molecule has 0 bridgehead atoms. The van der Waals surface area contributed by atoms with Crippen LogP contribution in [0.3, 0.4) is 0 Å². The van der Waals surface area contributed by atoms with Crippen LogP contribution in [0.4, 0.5) is 10.5 Å². The van der Waals surface area contributed by atoms with E-state index in [4.69, 9.17) is 17.3 Å². The number of aromatic nitrogens is 3. The van der Waals surface area contributed by atoms with Gasteiger partial charge in [0.05, 0.1) is 16.6 Å². The summed E-state index contributed by atoms with van der Waals surface area (Å²) in [7, 11) is -3.87. The number of nitrogens with zero attached hydrogens (tertiary/aromatic N) is 4. The van der Waals surface area contributed by atoms with Gasteiger partial charge in [0, 0.05) is 23.7 Å². The monoisotopic (exact) mass is 502 g/mol. The number of urea groups is 1. The molecule has 2 heterocycles. The van der Waals surface area contributed by atoms with E-state index >= 15 is 0 Å². The lowest BCUT2D eigenvalue weighted by Crippen LogP contribution is -2.33. The minimum absolute atomic E-state index is 0.0898. The Hall–Kier alpha value is -3.11. The van der Waals surface area contributed by atoms with Gasteiger partial charge in [-0.1, -0.05) is 44.5 Å². The van der Waals surface area contributed by atoms with Gasteiger partial charge < -0.3 is 15.2 Å². The molecule has 1 aliphatic rings. The van der Waals surface area contributed by atoms with Gasteiger partial charge in [-0.3, -0.25) is 4.72 Å². The minimum atomic E-state index is -3.87. The third-order valence-electron chi connectivity index (χ3n) is 5.94. The number of halogens is 1. The molecule has 1 fully saturated rings. The van der Waals surface area contributed by atoms with E-state index in [1.54, 1.807) is 41.6 Å². The summed E-state index contributed by atoms with van der Waals surface area (Å²) in [6.07, 6.45) is 2.24. The Morgan fingerprint density at radius 2 is 1.88 bits per heavy atom. The Bertz CT molecular complexity index is 1320. The molecule has 0 saturated carbocycles. The fraction of sp³-hybridized carbons (Fsp3) is 0.348. The molecule has 0 aliphatic carbocycles. The number of carbonyl (C=O) groups is 1. The lowest BCUT2D eigenvalue weighted by Gasteiger charge is -2.20. The van der Waals surface area contributed by atoms with Crippen LogP contribution in [0.5, 0.6) is 0 Å². The molecule has 11 heteroatoms. The van der Waals surface area contributed by atoms with Crippen molar-refractivity contribution in [2.75, 3.05) is 17.8 Å². The third kappa shape index (κ3) is 4.88. The van der Waals surface area contributed by atoms with Gasteiger partial charge in [0.15, 0.2) is 5.82 Å². The predicted molar refractivity (Wildman–Crippen MR) is 131 cm³/mol. The highest BCUT2D eigenvalue weighted by Crippen LogP contribution is 2.34. The first kappa shape index (κ1) is 24.0. The second-order valence-electron chi connectivity index (χ2n) is 9.36. The number of anilines is 1. The third-order valence-corrected chi connectivity index (χ3v) is 7.56. The van der Waals surface area contributed by atoms with Gasteiger partial charge in [-0.15, -0.1) is 10.2 Å². The number of amides is 2. The van der Waals surface area contributed by atoms with Crippen molar-refractivity contribution < 1.29 is 13.2 Å². The molecule has 3 N–H and O–H groups in total. The molecule has 34 heavy (non-hydrogen) atoms. The first-order valence-electron chi connectivity index (χ1n) is 10.8. The highest BCUT2D eigenvalue weighted by atomic mass is 35.5. The molecule has 1 atom stereocenters. The average molecular weight is 503 g/mol. The maximum absolute atomic E-state index is 13.2. The zero-order valence-corrected chi connectivity index (χ0v) is 20.8. The van der Waals surface area contributed by atoms with Gasteiger partial charge >= 0.3 is 6.03 Å². The molecule has 3 aromatic rings. The topological polar surface area (TPSA) is 123 Å². The molecule has 1 saturated heterocycles. The zero-order valence-electron chi connectivity index (χ0n) is 19.2. The predicted octanol–water partition coefficient (Wildman–Crippen LogP) is 4.02. The first-order chi connectivity index (χ1) is 16.0. The van der Waals surface area contributed by atoms with E-state index in [0.717, 1.165) is 5.56 Å². The fourth-order valence-corrected chi connectivity index (χ4v) is 5.25. The number of hydrogen-bond donors (Lipinski definition) is 2. The van der Waals surface area contributed by atoms with Crippen LogP contribution in [-0.2, 0) is 15.4 Å². The quantitative estimate of drug-likeness (QED) is 0.545. The molecule has 1 aliphatic heterocycles. The van der Waals surface area contributed by atoms with Crippen LogP contribution < -0.4 is 10.5 Å². The summed E-state index contributed by atoms with van der Waals surface area (Å²) < 4.78 is 30.9. The van der Waals surface area contributed by atoms with Crippen molar-refractivity contribution in [3.63, 3.8) is 0 Å². The van der Waals surface area contributed by atoms with E-state index in [2.05, 4.69) is 35.7 Å². The Morgan fingerprint density at radius 3 is 2.50 bits per heavy atom. The van der Waals surface area contributed by atoms with E-state index in [0.29, 0.717) is 41.6 Å². The fourth-order valence-electron chi connectivity index (χ4n) is 4.00. The van der Waals surface area contributed by atoms with Crippen LogP contribution in [0.25, 0.3) is 11.4 Å². The van der Waals surface area contributed by atoms with Gasteiger partial charge in [0.25, 0.3) is 10.0 Å². The minimum Gasteiger partial charge on any atom is -0.351 e. The number of sulfonamides is 1. The molecule has 2 amide bonds. The van der Waals surface area contributed by atoms with Crippen LogP contribution in [-0.4, -0.2) is 47.2 Å². The SMILES string of the molecule is CC(C)(C)c1ccc(S(=O)(=O)Nc2ccc(Cl)cc2-c2nncn2C2CCN(C(N)=O)C2)cc1. The number of nitrogens with one attached hydrogen (secondary N) is 1. The summed E-state index contributed by atoms with van der Waals surface area (Å²) in [5.74, 6) is 0.444. The number of carbonyl (C=O) groups excluding carboxylic acids is 1. The van der Waals surface area contributed by atoms with E-state index < -0.39 is 16.1 Å². The van der Waals surface area contributed by atoms with Gasteiger partial charge in [-0.05, 0) is 47.7 Å². The van der Waals surface area contributed by atoms with Gasteiger partial charge in [0.2, 0.25) is 0 Å². The first-order valence-corrected chi connectivity index (χ1v) is 12.7. The van der Waals surface area contributed by atoms with Crippen molar-refractivity contribution in [2.45, 2.75) is 43.5 Å². The standard InChI is InChI=1S/C23H27ClN6O3S/c1-23(2,3)15-4-7-18(8-5-15)34(32,33)28-20-9-6-16(24)12-19(20)21-27-26-14-30(21)17-10-11-29(13-17)22(25)31/h4-9,12,14,17,28H,10-11,13H2,1-3H3,(H2,25,31). The van der Waals surface area contributed by atoms with E-state index in [1.807, 2.05) is 16.7 Å². The Morgan fingerprint density at radius 1 is 1.18 bits per heavy atom. The van der Waals surface area contributed by atoms with Crippen LogP contribution >= 0.6 is 11.6 Å². The Kier molecular flexibility index (Phi) is 6.30. The van der Waals surface area contributed by atoms with Crippen LogP contribution in [0, 0.1) is 0 Å². The van der Waals surface area contributed by atoms with E-state index in [9.17, 15) is 13.2 Å². The number of likely N-dealkylation sites (tertiary alicyclic amines) is 1. The summed E-state index contributed by atoms with van der Waals surface area (Å²) in [5, 5.41) is 8.68. The highest BCUT2D eigenvalue weighted by molar-refractivity contribution is 7.92. The number of nitrogens with two attached hydrogens (primary N) is 1. The second-order valence-corrected chi connectivity index (χ2v) is 11.5. The number of hydrogen-bond acceptors (Lipinski definition) is 5.